The highest BCUT2D eigenvalue weighted by molar-refractivity contribution is 9.09. The van der Waals surface area contributed by atoms with E-state index in [0.717, 1.165) is 27.9 Å². The normalized spacial score (nSPS) is 14.8. The molecule has 2 nitrogen and oxygen atoms in total. The van der Waals surface area contributed by atoms with Crippen molar-refractivity contribution in [3.05, 3.63) is 63.4 Å². The third-order valence-electron chi connectivity index (χ3n) is 3.48. The number of fused-ring (bicyclic) bond motifs is 1. The fourth-order valence-electron chi connectivity index (χ4n) is 2.55. The summed E-state index contributed by atoms with van der Waals surface area (Å²) in [5, 5.41) is 3.31. The van der Waals surface area contributed by atoms with Gasteiger partial charge < -0.3 is 5.32 Å². The first-order valence-corrected chi connectivity index (χ1v) is 7.77. The van der Waals surface area contributed by atoms with Crippen molar-refractivity contribution >= 4 is 39.1 Å². The van der Waals surface area contributed by atoms with Gasteiger partial charge in [-0.3, -0.25) is 4.79 Å². The van der Waals surface area contributed by atoms with Gasteiger partial charge in [-0.2, -0.15) is 0 Å². The summed E-state index contributed by atoms with van der Waals surface area (Å²) < 4.78 is 13.6. The highest BCUT2D eigenvalue weighted by Gasteiger charge is 2.23. The predicted octanol–water partition coefficient (Wildman–Crippen LogP) is 4.77. The van der Waals surface area contributed by atoms with Crippen LogP contribution in [0.15, 0.2) is 30.3 Å². The Hall–Kier alpha value is -1.39. The number of hydrogen-bond acceptors (Lipinski definition) is 1. The summed E-state index contributed by atoms with van der Waals surface area (Å²) in [6.07, 6.45) is 0.349. The van der Waals surface area contributed by atoms with Gasteiger partial charge in [0.15, 0.2) is 0 Å². The minimum atomic E-state index is -0.274. The van der Waals surface area contributed by atoms with Gasteiger partial charge in [-0.1, -0.05) is 39.7 Å². The zero-order chi connectivity index (χ0) is 15.1. The molecule has 1 aliphatic heterocycles. The molecule has 3 rings (SSSR count). The lowest BCUT2D eigenvalue weighted by Crippen LogP contribution is -2.03. The standard InChI is InChI=1S/C16H12BrClFNO/c1-8-2-10(4-11(19)3-8)16(17)12-5-9-6-15(21)20-14(9)7-13(12)18/h2-5,7,16H,6H2,1H3,(H,20,21). The van der Waals surface area contributed by atoms with Gasteiger partial charge in [0, 0.05) is 10.7 Å². The number of carbonyl (C=O) groups excluding carboxylic acids is 1. The van der Waals surface area contributed by atoms with Crippen molar-refractivity contribution in [2.24, 2.45) is 0 Å². The van der Waals surface area contributed by atoms with E-state index in [9.17, 15) is 9.18 Å². The number of rotatable bonds is 2. The monoisotopic (exact) mass is 367 g/mol. The van der Waals surface area contributed by atoms with Gasteiger partial charge in [0.05, 0.1) is 11.2 Å². The van der Waals surface area contributed by atoms with Crippen LogP contribution >= 0.6 is 27.5 Å². The largest absolute Gasteiger partial charge is 0.325 e. The molecule has 1 atom stereocenters. The number of amides is 1. The van der Waals surface area contributed by atoms with Gasteiger partial charge in [-0.15, -0.1) is 0 Å². The summed E-state index contributed by atoms with van der Waals surface area (Å²) in [6, 6.07) is 8.53. The van der Waals surface area contributed by atoms with Crippen LogP contribution in [-0.4, -0.2) is 5.91 Å². The van der Waals surface area contributed by atoms with E-state index in [1.54, 1.807) is 6.07 Å². The quantitative estimate of drug-likeness (QED) is 0.760. The van der Waals surface area contributed by atoms with E-state index in [1.807, 2.05) is 19.1 Å². The van der Waals surface area contributed by atoms with Crippen molar-refractivity contribution in [1.82, 2.24) is 0 Å². The van der Waals surface area contributed by atoms with E-state index in [-0.39, 0.29) is 16.6 Å². The Morgan fingerprint density at radius 1 is 1.29 bits per heavy atom. The van der Waals surface area contributed by atoms with Crippen LogP contribution in [0.25, 0.3) is 0 Å². The number of benzene rings is 2. The van der Waals surface area contributed by atoms with Crippen molar-refractivity contribution in [3.8, 4) is 0 Å². The zero-order valence-corrected chi connectivity index (χ0v) is 13.6. The third-order valence-corrected chi connectivity index (χ3v) is 4.83. The summed E-state index contributed by atoms with van der Waals surface area (Å²) in [4.78, 5) is 11.2. The Morgan fingerprint density at radius 3 is 2.76 bits per heavy atom. The maximum Gasteiger partial charge on any atom is 0.228 e. The second-order valence-corrected chi connectivity index (χ2v) is 6.50. The first-order chi connectivity index (χ1) is 9.94. The van der Waals surface area contributed by atoms with E-state index in [1.165, 1.54) is 12.1 Å². The molecule has 1 amide bonds. The molecule has 2 aromatic rings. The first-order valence-electron chi connectivity index (χ1n) is 6.47. The molecule has 1 N–H and O–H groups in total. The van der Waals surface area contributed by atoms with Crippen LogP contribution < -0.4 is 5.32 Å². The fraction of sp³-hybridized carbons (Fsp3) is 0.188. The summed E-state index contributed by atoms with van der Waals surface area (Å²) >= 11 is 9.89. The number of halogens is 3. The van der Waals surface area contributed by atoms with Crippen LogP contribution in [0.4, 0.5) is 10.1 Å². The lowest BCUT2D eigenvalue weighted by atomic mass is 10.00. The lowest BCUT2D eigenvalue weighted by molar-refractivity contribution is -0.115. The lowest BCUT2D eigenvalue weighted by Gasteiger charge is -2.15. The van der Waals surface area contributed by atoms with E-state index in [4.69, 9.17) is 11.6 Å². The number of aryl methyl sites for hydroxylation is 1. The van der Waals surface area contributed by atoms with E-state index in [2.05, 4.69) is 21.2 Å². The SMILES string of the molecule is Cc1cc(F)cc(C(Br)c2cc3c(cc2Cl)NC(=O)C3)c1. The summed E-state index contributed by atoms with van der Waals surface area (Å²) in [7, 11) is 0. The molecule has 5 heteroatoms. The van der Waals surface area contributed by atoms with Crippen LogP contribution in [0, 0.1) is 12.7 Å². The highest BCUT2D eigenvalue weighted by Crippen LogP contribution is 2.39. The molecular formula is C16H12BrClFNO. The molecule has 0 spiro atoms. The number of alkyl halides is 1. The van der Waals surface area contributed by atoms with E-state index >= 15 is 0 Å². The van der Waals surface area contributed by atoms with Crippen LogP contribution in [0.5, 0.6) is 0 Å². The number of hydrogen-bond donors (Lipinski definition) is 1. The van der Waals surface area contributed by atoms with Gasteiger partial charge in [-0.05, 0) is 47.4 Å². The molecule has 21 heavy (non-hydrogen) atoms. The molecule has 1 aliphatic rings. The second kappa shape index (κ2) is 5.43. The molecule has 0 aromatic heterocycles. The molecule has 2 aromatic carbocycles. The zero-order valence-electron chi connectivity index (χ0n) is 11.2. The smallest absolute Gasteiger partial charge is 0.228 e. The number of anilines is 1. The van der Waals surface area contributed by atoms with Crippen molar-refractivity contribution < 1.29 is 9.18 Å². The first kappa shape index (κ1) is 14.5. The van der Waals surface area contributed by atoms with Crippen LogP contribution in [0.3, 0.4) is 0 Å². The molecule has 1 unspecified atom stereocenters. The van der Waals surface area contributed by atoms with Gasteiger partial charge in [0.2, 0.25) is 5.91 Å². The maximum atomic E-state index is 13.6. The molecule has 0 saturated carbocycles. The van der Waals surface area contributed by atoms with E-state index in [0.29, 0.717) is 11.4 Å². The Balaban J connectivity index is 2.04. The molecule has 0 aliphatic carbocycles. The average Bonchev–Trinajstić information content (AvgIpc) is 2.75. The maximum absolute atomic E-state index is 13.6. The molecule has 0 radical (unpaired) electrons. The van der Waals surface area contributed by atoms with Crippen molar-refractivity contribution in [3.63, 3.8) is 0 Å². The fourth-order valence-corrected chi connectivity index (χ4v) is 3.60. The van der Waals surface area contributed by atoms with Crippen LogP contribution in [-0.2, 0) is 11.2 Å². The van der Waals surface area contributed by atoms with Crippen molar-refractivity contribution in [1.29, 1.82) is 0 Å². The highest BCUT2D eigenvalue weighted by atomic mass is 79.9. The number of nitrogens with one attached hydrogen (secondary N) is 1. The van der Waals surface area contributed by atoms with Crippen molar-refractivity contribution in [2.45, 2.75) is 18.2 Å². The Morgan fingerprint density at radius 2 is 2.05 bits per heavy atom. The van der Waals surface area contributed by atoms with Crippen LogP contribution in [0.1, 0.15) is 27.1 Å². The summed E-state index contributed by atoms with van der Waals surface area (Å²) in [6.45, 7) is 1.85. The topological polar surface area (TPSA) is 29.1 Å². The second-order valence-electron chi connectivity index (χ2n) is 5.18. The van der Waals surface area contributed by atoms with Crippen molar-refractivity contribution in [2.75, 3.05) is 5.32 Å². The predicted molar refractivity (Wildman–Crippen MR) is 85.7 cm³/mol. The molecular weight excluding hydrogens is 357 g/mol. The van der Waals surface area contributed by atoms with E-state index < -0.39 is 0 Å². The van der Waals surface area contributed by atoms with Crippen LogP contribution in [0.2, 0.25) is 5.02 Å². The Labute approximate surface area is 135 Å². The molecule has 108 valence electrons. The molecule has 1 heterocycles. The average molecular weight is 369 g/mol. The van der Waals surface area contributed by atoms with Gasteiger partial charge >= 0.3 is 0 Å². The van der Waals surface area contributed by atoms with Gasteiger partial charge in [0.25, 0.3) is 0 Å². The summed E-state index contributed by atoms with van der Waals surface area (Å²) in [5.74, 6) is -0.311. The van der Waals surface area contributed by atoms with Gasteiger partial charge in [0.1, 0.15) is 5.82 Å². The summed E-state index contributed by atoms with van der Waals surface area (Å²) in [5.41, 5.74) is 4.15. The molecule has 0 fully saturated rings. The number of carbonyl (C=O) groups is 1. The Kier molecular flexibility index (Phi) is 3.76. The molecule has 0 saturated heterocycles. The minimum absolute atomic E-state index is 0.0362. The molecule has 0 bridgehead atoms. The third kappa shape index (κ3) is 2.83. The minimum Gasteiger partial charge on any atom is -0.325 e. The Bertz CT molecular complexity index is 727. The van der Waals surface area contributed by atoms with Gasteiger partial charge in [-0.25, -0.2) is 4.39 Å².